The van der Waals surface area contributed by atoms with Crippen molar-refractivity contribution >= 4 is 34.0 Å². The minimum absolute atomic E-state index is 0. The molecule has 1 aliphatic rings. The minimum atomic E-state index is -4.79. The predicted molar refractivity (Wildman–Crippen MR) is 84.5 cm³/mol. The quantitative estimate of drug-likeness (QED) is 0.840. The maximum atomic E-state index is 13.1. The fourth-order valence-electron chi connectivity index (χ4n) is 2.56. The molecule has 0 amide bonds. The van der Waals surface area contributed by atoms with E-state index >= 15 is 0 Å². The molecular weight excluding hydrogens is 376 g/mol. The normalized spacial score (nSPS) is 23.4. The molecule has 0 bridgehead atoms. The zero-order valence-corrected chi connectivity index (χ0v) is 14.8. The van der Waals surface area contributed by atoms with Crippen LogP contribution >= 0.6 is 24.0 Å². The van der Waals surface area contributed by atoms with E-state index in [1.165, 1.54) is 0 Å². The van der Waals surface area contributed by atoms with Crippen LogP contribution in [0.15, 0.2) is 23.1 Å². The van der Waals surface area contributed by atoms with Crippen LogP contribution in [0.1, 0.15) is 19.4 Å². The first kappa shape index (κ1) is 20.5. The summed E-state index contributed by atoms with van der Waals surface area (Å²) in [4.78, 5) is -0.759. The number of sulfonamides is 1. The van der Waals surface area contributed by atoms with Crippen LogP contribution in [0.2, 0.25) is 5.02 Å². The van der Waals surface area contributed by atoms with E-state index < -0.39 is 26.7 Å². The number of hydrogen-bond donors (Lipinski definition) is 1. The lowest BCUT2D eigenvalue weighted by molar-refractivity contribution is -0.139. The summed E-state index contributed by atoms with van der Waals surface area (Å²) in [6, 6.07) is 2.43. The summed E-state index contributed by atoms with van der Waals surface area (Å²) in [5.41, 5.74) is -1.24. The Labute approximate surface area is 144 Å². The number of rotatable bonds is 2. The fourth-order valence-corrected chi connectivity index (χ4v) is 4.54. The maximum Gasteiger partial charge on any atom is 0.417 e. The highest BCUT2D eigenvalue weighted by Gasteiger charge is 2.40. The van der Waals surface area contributed by atoms with Crippen molar-refractivity contribution in [3.63, 3.8) is 0 Å². The summed E-state index contributed by atoms with van der Waals surface area (Å²) in [5.74, 6) is 0. The third-order valence-electron chi connectivity index (χ3n) is 3.39. The van der Waals surface area contributed by atoms with Crippen molar-refractivity contribution in [1.82, 2.24) is 9.62 Å². The number of hydrogen-bond acceptors (Lipinski definition) is 3. The van der Waals surface area contributed by atoms with Crippen LogP contribution in [0.25, 0.3) is 0 Å². The standard InChI is InChI=1S/C13H16ClF3N2O2S.ClH/c1-8-6-19(7-9(2)18-8)22(20,21)12-4-3-10(14)5-11(12)13(15,16)17;/h3-5,8-9,18H,6-7H2,1-2H3;1H. The molecule has 132 valence electrons. The maximum absolute atomic E-state index is 13.1. The van der Waals surface area contributed by atoms with Gasteiger partial charge in [-0.2, -0.15) is 17.5 Å². The fraction of sp³-hybridized carbons (Fsp3) is 0.538. The molecule has 4 nitrogen and oxygen atoms in total. The molecule has 0 aromatic heterocycles. The second kappa shape index (κ2) is 7.14. The lowest BCUT2D eigenvalue weighted by Crippen LogP contribution is -2.55. The van der Waals surface area contributed by atoms with Crippen molar-refractivity contribution in [3.05, 3.63) is 28.8 Å². The van der Waals surface area contributed by atoms with Crippen LogP contribution in [0.4, 0.5) is 13.2 Å². The Bertz CT molecular complexity index is 658. The Morgan fingerprint density at radius 3 is 2.22 bits per heavy atom. The van der Waals surface area contributed by atoms with Crippen molar-refractivity contribution in [1.29, 1.82) is 0 Å². The van der Waals surface area contributed by atoms with E-state index in [1.807, 2.05) is 0 Å². The number of halogens is 5. The topological polar surface area (TPSA) is 49.4 Å². The first-order valence-electron chi connectivity index (χ1n) is 6.64. The largest absolute Gasteiger partial charge is 0.417 e. The zero-order valence-electron chi connectivity index (χ0n) is 12.4. The number of nitrogens with one attached hydrogen (secondary N) is 1. The van der Waals surface area contributed by atoms with Crippen molar-refractivity contribution < 1.29 is 21.6 Å². The SMILES string of the molecule is CC1CN(S(=O)(=O)c2ccc(Cl)cc2C(F)(F)F)CC(C)N1.Cl. The molecule has 0 spiro atoms. The molecular formula is C13H17Cl2F3N2O2S. The Hall–Kier alpha value is -0.540. The summed E-state index contributed by atoms with van der Waals surface area (Å²) in [5, 5.41) is 2.98. The molecule has 1 aliphatic heterocycles. The summed E-state index contributed by atoms with van der Waals surface area (Å²) < 4.78 is 65.7. The molecule has 0 saturated carbocycles. The van der Waals surface area contributed by atoms with E-state index in [9.17, 15) is 21.6 Å². The van der Waals surface area contributed by atoms with Gasteiger partial charge in [-0.25, -0.2) is 8.42 Å². The van der Waals surface area contributed by atoms with Crippen molar-refractivity contribution in [2.75, 3.05) is 13.1 Å². The van der Waals surface area contributed by atoms with Gasteiger partial charge in [-0.05, 0) is 32.0 Å². The molecule has 2 atom stereocenters. The Morgan fingerprint density at radius 1 is 1.22 bits per heavy atom. The van der Waals surface area contributed by atoms with Gasteiger partial charge in [0.15, 0.2) is 0 Å². The number of piperazine rings is 1. The molecule has 1 fully saturated rings. The van der Waals surface area contributed by atoms with Crippen LogP contribution in [0, 0.1) is 0 Å². The van der Waals surface area contributed by atoms with E-state index in [0.29, 0.717) is 6.07 Å². The second-order valence-electron chi connectivity index (χ2n) is 5.43. The first-order chi connectivity index (χ1) is 10.0. The Balaban J connectivity index is 0.00000264. The Morgan fingerprint density at radius 2 is 1.74 bits per heavy atom. The molecule has 2 unspecified atom stereocenters. The monoisotopic (exact) mass is 392 g/mol. The molecule has 0 aliphatic carbocycles. The third-order valence-corrected chi connectivity index (χ3v) is 5.51. The van der Waals surface area contributed by atoms with Gasteiger partial charge in [0, 0.05) is 30.2 Å². The predicted octanol–water partition coefficient (Wildman–Crippen LogP) is 3.15. The van der Waals surface area contributed by atoms with E-state index in [-0.39, 0.29) is 42.6 Å². The highest BCUT2D eigenvalue weighted by molar-refractivity contribution is 7.89. The van der Waals surface area contributed by atoms with Crippen molar-refractivity contribution in [2.45, 2.75) is 37.0 Å². The van der Waals surface area contributed by atoms with E-state index in [1.54, 1.807) is 13.8 Å². The molecule has 1 N–H and O–H groups in total. The average Bonchev–Trinajstić information content (AvgIpc) is 2.36. The van der Waals surface area contributed by atoms with Gasteiger partial charge in [0.1, 0.15) is 0 Å². The van der Waals surface area contributed by atoms with Gasteiger partial charge >= 0.3 is 6.18 Å². The van der Waals surface area contributed by atoms with E-state index in [0.717, 1.165) is 16.4 Å². The number of benzene rings is 1. The smallest absolute Gasteiger partial charge is 0.309 e. The van der Waals surface area contributed by atoms with E-state index in [4.69, 9.17) is 11.6 Å². The van der Waals surface area contributed by atoms with Crippen LogP contribution in [0.3, 0.4) is 0 Å². The average molecular weight is 393 g/mol. The lowest BCUT2D eigenvalue weighted by atomic mass is 10.2. The molecule has 2 rings (SSSR count). The van der Waals surface area contributed by atoms with Crippen LogP contribution in [0.5, 0.6) is 0 Å². The molecule has 1 heterocycles. The number of alkyl halides is 3. The lowest BCUT2D eigenvalue weighted by Gasteiger charge is -2.35. The summed E-state index contributed by atoms with van der Waals surface area (Å²) in [6.45, 7) is 3.80. The van der Waals surface area contributed by atoms with Crippen LogP contribution in [-0.2, 0) is 16.2 Å². The van der Waals surface area contributed by atoms with Gasteiger partial charge in [-0.3, -0.25) is 0 Å². The third kappa shape index (κ3) is 4.51. The van der Waals surface area contributed by atoms with Gasteiger partial charge in [-0.1, -0.05) is 11.6 Å². The van der Waals surface area contributed by atoms with Crippen molar-refractivity contribution in [2.24, 2.45) is 0 Å². The second-order valence-corrected chi connectivity index (χ2v) is 7.77. The zero-order chi connectivity index (χ0) is 16.7. The minimum Gasteiger partial charge on any atom is -0.309 e. The van der Waals surface area contributed by atoms with Gasteiger partial charge in [0.2, 0.25) is 10.0 Å². The van der Waals surface area contributed by atoms with Gasteiger partial charge in [0.05, 0.1) is 10.5 Å². The molecule has 1 saturated heterocycles. The van der Waals surface area contributed by atoms with Gasteiger partial charge < -0.3 is 5.32 Å². The van der Waals surface area contributed by atoms with Crippen LogP contribution < -0.4 is 5.32 Å². The van der Waals surface area contributed by atoms with Gasteiger partial charge in [0.25, 0.3) is 0 Å². The highest BCUT2D eigenvalue weighted by atomic mass is 35.5. The molecule has 10 heteroatoms. The Kier molecular flexibility index (Phi) is 6.37. The number of nitrogens with zero attached hydrogens (tertiary/aromatic N) is 1. The van der Waals surface area contributed by atoms with Crippen LogP contribution in [-0.4, -0.2) is 37.9 Å². The summed E-state index contributed by atoms with van der Waals surface area (Å²) in [7, 11) is -4.24. The molecule has 23 heavy (non-hydrogen) atoms. The first-order valence-corrected chi connectivity index (χ1v) is 8.46. The summed E-state index contributed by atoms with van der Waals surface area (Å²) >= 11 is 5.59. The molecule has 1 aromatic carbocycles. The molecule has 0 radical (unpaired) electrons. The van der Waals surface area contributed by atoms with Gasteiger partial charge in [-0.15, -0.1) is 12.4 Å². The highest BCUT2D eigenvalue weighted by Crippen LogP contribution is 2.37. The van der Waals surface area contributed by atoms with E-state index in [2.05, 4.69) is 5.32 Å². The van der Waals surface area contributed by atoms with Crippen molar-refractivity contribution in [3.8, 4) is 0 Å². The molecule has 1 aromatic rings. The summed E-state index contributed by atoms with van der Waals surface area (Å²) in [6.07, 6.45) is -4.79.